The maximum absolute atomic E-state index is 13.2. The van der Waals surface area contributed by atoms with Crippen molar-refractivity contribution in [1.29, 1.82) is 0 Å². The Morgan fingerprint density at radius 3 is 2.68 bits per heavy atom. The molecule has 9 heteroatoms. The molecule has 2 aromatic carbocycles. The maximum Gasteiger partial charge on any atom is 0.234 e. The van der Waals surface area contributed by atoms with Gasteiger partial charge in [-0.25, -0.2) is 18.7 Å². The first-order chi connectivity index (χ1) is 13.6. The number of nitrogens with one attached hydrogen (secondary N) is 1. The van der Waals surface area contributed by atoms with Crippen LogP contribution in [0.4, 0.5) is 14.5 Å². The molecule has 1 amide bonds. The number of amides is 1. The Labute approximate surface area is 167 Å². The van der Waals surface area contributed by atoms with Crippen LogP contribution in [0.25, 0.3) is 21.5 Å². The molecule has 0 unspecified atom stereocenters. The lowest BCUT2D eigenvalue weighted by atomic mass is 10.1. The Morgan fingerprint density at radius 1 is 1.07 bits per heavy atom. The van der Waals surface area contributed by atoms with Gasteiger partial charge in [0.05, 0.1) is 5.75 Å². The Bertz CT molecular complexity index is 1150. The number of thioether (sulfide) groups is 1. The van der Waals surface area contributed by atoms with Crippen LogP contribution in [0, 0.1) is 11.6 Å². The number of carbonyl (C=O) groups is 1. The molecule has 28 heavy (non-hydrogen) atoms. The minimum absolute atomic E-state index is 0.104. The zero-order valence-electron chi connectivity index (χ0n) is 14.2. The molecule has 4 rings (SSSR count). The molecule has 5 nitrogen and oxygen atoms in total. The highest BCUT2D eigenvalue weighted by Gasteiger charge is 2.15. The first kappa shape index (κ1) is 18.5. The molecule has 2 aromatic heterocycles. The molecule has 2 heterocycles. The number of benzene rings is 2. The van der Waals surface area contributed by atoms with Crippen molar-refractivity contribution in [3.05, 3.63) is 66.5 Å². The third kappa shape index (κ3) is 4.00. The minimum Gasteiger partial charge on any atom is -0.325 e. The number of nitrogens with zero attached hydrogens (tertiary/aromatic N) is 3. The van der Waals surface area contributed by atoms with Crippen LogP contribution in [-0.2, 0) is 4.79 Å². The number of hydrogen-bond donors (Lipinski definition) is 1. The highest BCUT2D eigenvalue weighted by atomic mass is 32.2. The standard InChI is InChI=1S/C19H12F2N4OS2/c20-12-6-4-11(5-7-12)16-17-18(28-25-16)19(23-10-22-17)27-9-15(26)24-14-3-1-2-13(21)8-14/h1-8,10H,9H2,(H,24,26). The second-order valence-corrected chi connectivity index (χ2v) is 7.48. The number of carbonyl (C=O) groups excluding carboxylic acids is 1. The summed E-state index contributed by atoms with van der Waals surface area (Å²) in [4.78, 5) is 20.7. The van der Waals surface area contributed by atoms with Crippen molar-refractivity contribution in [3.8, 4) is 11.3 Å². The average molecular weight is 414 g/mol. The molecule has 0 bridgehead atoms. The monoisotopic (exact) mass is 414 g/mol. The number of aromatic nitrogens is 3. The lowest BCUT2D eigenvalue weighted by molar-refractivity contribution is -0.113. The summed E-state index contributed by atoms with van der Waals surface area (Å²) in [7, 11) is 0. The fraction of sp³-hybridized carbons (Fsp3) is 0.0526. The molecule has 0 spiro atoms. The topological polar surface area (TPSA) is 67.8 Å². The van der Waals surface area contributed by atoms with Gasteiger partial charge in [0.15, 0.2) is 0 Å². The number of rotatable bonds is 5. The van der Waals surface area contributed by atoms with Gasteiger partial charge < -0.3 is 5.32 Å². The average Bonchev–Trinajstić information content (AvgIpc) is 3.12. The number of anilines is 1. The van der Waals surface area contributed by atoms with Crippen molar-refractivity contribution in [3.63, 3.8) is 0 Å². The third-order valence-corrected chi connectivity index (χ3v) is 5.75. The van der Waals surface area contributed by atoms with Gasteiger partial charge in [-0.2, -0.15) is 4.37 Å². The van der Waals surface area contributed by atoms with E-state index in [2.05, 4.69) is 19.7 Å². The predicted molar refractivity (Wildman–Crippen MR) is 106 cm³/mol. The van der Waals surface area contributed by atoms with Gasteiger partial charge in [-0.3, -0.25) is 4.79 Å². The Hall–Kier alpha value is -2.91. The Balaban J connectivity index is 1.51. The van der Waals surface area contributed by atoms with E-state index >= 15 is 0 Å². The van der Waals surface area contributed by atoms with Gasteiger partial charge in [-0.05, 0) is 54.0 Å². The van der Waals surface area contributed by atoms with E-state index in [1.165, 1.54) is 60.0 Å². The van der Waals surface area contributed by atoms with Crippen molar-refractivity contribution in [2.75, 3.05) is 11.1 Å². The normalized spacial score (nSPS) is 10.9. The van der Waals surface area contributed by atoms with E-state index in [0.29, 0.717) is 21.9 Å². The molecule has 0 saturated heterocycles. The smallest absolute Gasteiger partial charge is 0.234 e. The number of fused-ring (bicyclic) bond motifs is 1. The maximum atomic E-state index is 13.2. The molecule has 0 radical (unpaired) electrons. The van der Waals surface area contributed by atoms with E-state index in [1.54, 1.807) is 18.2 Å². The molecule has 1 N–H and O–H groups in total. The van der Waals surface area contributed by atoms with Gasteiger partial charge in [0.1, 0.15) is 38.9 Å². The summed E-state index contributed by atoms with van der Waals surface area (Å²) in [6.07, 6.45) is 1.41. The summed E-state index contributed by atoms with van der Waals surface area (Å²) >= 11 is 2.47. The summed E-state index contributed by atoms with van der Waals surface area (Å²) in [6, 6.07) is 11.7. The summed E-state index contributed by atoms with van der Waals surface area (Å²) in [5, 5.41) is 3.28. The first-order valence-electron chi connectivity index (χ1n) is 8.15. The second kappa shape index (κ2) is 7.99. The SMILES string of the molecule is O=C(CSc1ncnc2c(-c3ccc(F)cc3)nsc12)Nc1cccc(F)c1. The quantitative estimate of drug-likeness (QED) is 0.377. The van der Waals surface area contributed by atoms with Gasteiger partial charge in [-0.15, -0.1) is 0 Å². The number of halogens is 2. The van der Waals surface area contributed by atoms with Gasteiger partial charge in [0.2, 0.25) is 5.91 Å². The van der Waals surface area contributed by atoms with Crippen LogP contribution in [0.1, 0.15) is 0 Å². The molecule has 0 aliphatic rings. The highest BCUT2D eigenvalue weighted by Crippen LogP contribution is 2.34. The van der Waals surface area contributed by atoms with E-state index in [4.69, 9.17) is 0 Å². The lowest BCUT2D eigenvalue weighted by Crippen LogP contribution is -2.14. The van der Waals surface area contributed by atoms with Crippen molar-refractivity contribution < 1.29 is 13.6 Å². The van der Waals surface area contributed by atoms with Gasteiger partial charge in [-0.1, -0.05) is 17.8 Å². The van der Waals surface area contributed by atoms with E-state index < -0.39 is 5.82 Å². The summed E-state index contributed by atoms with van der Waals surface area (Å²) in [6.45, 7) is 0. The van der Waals surface area contributed by atoms with Crippen molar-refractivity contribution >= 4 is 45.1 Å². The van der Waals surface area contributed by atoms with Gasteiger partial charge in [0, 0.05) is 11.3 Å². The first-order valence-corrected chi connectivity index (χ1v) is 9.90. The van der Waals surface area contributed by atoms with Crippen molar-refractivity contribution in [1.82, 2.24) is 14.3 Å². The van der Waals surface area contributed by atoms with E-state index in [9.17, 15) is 13.6 Å². The second-order valence-electron chi connectivity index (χ2n) is 5.74. The van der Waals surface area contributed by atoms with E-state index in [0.717, 1.165) is 10.3 Å². The molecule has 0 aliphatic heterocycles. The largest absolute Gasteiger partial charge is 0.325 e. The van der Waals surface area contributed by atoms with E-state index in [1.807, 2.05) is 0 Å². The lowest BCUT2D eigenvalue weighted by Gasteiger charge is -2.05. The van der Waals surface area contributed by atoms with Crippen LogP contribution >= 0.6 is 23.3 Å². The molecular formula is C19H12F2N4OS2. The van der Waals surface area contributed by atoms with Crippen LogP contribution < -0.4 is 5.32 Å². The minimum atomic E-state index is -0.416. The predicted octanol–water partition coefficient (Wildman–Crippen LogP) is 4.76. The summed E-state index contributed by atoms with van der Waals surface area (Å²) in [5.74, 6) is -0.906. The van der Waals surface area contributed by atoms with Crippen LogP contribution in [0.2, 0.25) is 0 Å². The number of hydrogen-bond acceptors (Lipinski definition) is 6. The van der Waals surface area contributed by atoms with Crippen molar-refractivity contribution in [2.24, 2.45) is 0 Å². The molecule has 0 fully saturated rings. The van der Waals surface area contributed by atoms with Crippen LogP contribution in [0.3, 0.4) is 0 Å². The fourth-order valence-corrected chi connectivity index (χ4v) is 4.26. The van der Waals surface area contributed by atoms with E-state index in [-0.39, 0.29) is 17.5 Å². The molecule has 4 aromatic rings. The fourth-order valence-electron chi connectivity index (χ4n) is 2.54. The van der Waals surface area contributed by atoms with Gasteiger partial charge in [0.25, 0.3) is 0 Å². The third-order valence-electron chi connectivity index (χ3n) is 3.79. The molecule has 140 valence electrons. The zero-order valence-corrected chi connectivity index (χ0v) is 15.9. The summed E-state index contributed by atoms with van der Waals surface area (Å²) in [5.41, 5.74) is 2.45. The molecular weight excluding hydrogens is 402 g/mol. The molecule has 0 atom stereocenters. The highest BCUT2D eigenvalue weighted by molar-refractivity contribution is 8.00. The molecule has 0 saturated carbocycles. The Morgan fingerprint density at radius 2 is 1.89 bits per heavy atom. The zero-order chi connectivity index (χ0) is 19.5. The van der Waals surface area contributed by atoms with Gasteiger partial charge >= 0.3 is 0 Å². The van der Waals surface area contributed by atoms with Crippen LogP contribution in [-0.4, -0.2) is 26.0 Å². The molecule has 0 aliphatic carbocycles. The van der Waals surface area contributed by atoms with Crippen LogP contribution in [0.5, 0.6) is 0 Å². The summed E-state index contributed by atoms with van der Waals surface area (Å²) < 4.78 is 31.5. The van der Waals surface area contributed by atoms with Crippen molar-refractivity contribution in [2.45, 2.75) is 5.03 Å². The Kier molecular flexibility index (Phi) is 5.27. The van der Waals surface area contributed by atoms with Crippen LogP contribution in [0.15, 0.2) is 59.9 Å².